The molecule has 4 heterocycles. The molecule has 3 aliphatic heterocycles. The van der Waals surface area contributed by atoms with Crippen LogP contribution < -0.4 is 5.73 Å². The minimum absolute atomic E-state index is 0.391. The zero-order valence-corrected chi connectivity index (χ0v) is 11.4. The molecule has 0 spiro atoms. The van der Waals surface area contributed by atoms with Gasteiger partial charge in [0.2, 0.25) is 0 Å². The van der Waals surface area contributed by atoms with Gasteiger partial charge in [0.1, 0.15) is 5.69 Å². The first-order valence-corrected chi connectivity index (χ1v) is 7.31. The lowest BCUT2D eigenvalue weighted by Crippen LogP contribution is -2.48. The first kappa shape index (κ1) is 11.9. The van der Waals surface area contributed by atoms with Crippen LogP contribution in [0.5, 0.6) is 0 Å². The maximum Gasteiger partial charge on any atom is 0.150 e. The number of hydrogen-bond acceptors (Lipinski definition) is 4. The van der Waals surface area contributed by atoms with Crippen molar-refractivity contribution in [2.75, 3.05) is 25.4 Å². The zero-order chi connectivity index (χ0) is 13.5. The summed E-state index contributed by atoms with van der Waals surface area (Å²) in [4.78, 5) is 2.51. The maximum atomic E-state index is 6.32. The van der Waals surface area contributed by atoms with E-state index in [1.54, 1.807) is 0 Å². The molecular weight excluding hydrogens is 250 g/mol. The summed E-state index contributed by atoms with van der Waals surface area (Å²) in [5.74, 6) is 1.41. The van der Waals surface area contributed by atoms with Gasteiger partial charge in [-0.2, -0.15) is 0 Å². The van der Waals surface area contributed by atoms with Crippen molar-refractivity contribution < 1.29 is 0 Å². The van der Waals surface area contributed by atoms with Gasteiger partial charge in [0.25, 0.3) is 0 Å². The maximum absolute atomic E-state index is 6.32. The molecule has 5 rings (SSSR count). The van der Waals surface area contributed by atoms with Crippen LogP contribution in [0.4, 0.5) is 5.82 Å². The van der Waals surface area contributed by atoms with Gasteiger partial charge in [-0.1, -0.05) is 35.5 Å². The van der Waals surface area contributed by atoms with Gasteiger partial charge in [0.15, 0.2) is 5.82 Å². The van der Waals surface area contributed by atoms with Crippen molar-refractivity contribution in [2.24, 2.45) is 5.92 Å². The largest absolute Gasteiger partial charge is 0.382 e. The fourth-order valence-electron chi connectivity index (χ4n) is 3.56. The molecule has 20 heavy (non-hydrogen) atoms. The number of nitrogens with two attached hydrogens (primary N) is 1. The van der Waals surface area contributed by atoms with Crippen LogP contribution in [0.15, 0.2) is 30.3 Å². The fourth-order valence-corrected chi connectivity index (χ4v) is 3.56. The molecule has 3 fully saturated rings. The lowest BCUT2D eigenvalue weighted by atomic mass is 9.84. The van der Waals surface area contributed by atoms with E-state index < -0.39 is 0 Å². The molecule has 0 unspecified atom stereocenters. The number of rotatable bonds is 2. The molecule has 0 radical (unpaired) electrons. The van der Waals surface area contributed by atoms with Gasteiger partial charge >= 0.3 is 0 Å². The molecule has 1 aromatic carbocycles. The molecule has 104 valence electrons. The highest BCUT2D eigenvalue weighted by Crippen LogP contribution is 2.37. The van der Waals surface area contributed by atoms with Crippen LogP contribution in [0, 0.1) is 5.92 Å². The first-order chi connectivity index (χ1) is 9.83. The van der Waals surface area contributed by atoms with Crippen LogP contribution >= 0.6 is 0 Å². The molecule has 0 amide bonds. The zero-order valence-electron chi connectivity index (χ0n) is 11.4. The predicted molar refractivity (Wildman–Crippen MR) is 78.1 cm³/mol. The second-order valence-electron chi connectivity index (χ2n) is 5.84. The van der Waals surface area contributed by atoms with Crippen molar-refractivity contribution in [2.45, 2.75) is 18.9 Å². The van der Waals surface area contributed by atoms with Crippen LogP contribution in [0.1, 0.15) is 18.9 Å². The van der Waals surface area contributed by atoms with Gasteiger partial charge in [-0.25, -0.2) is 4.68 Å². The van der Waals surface area contributed by atoms with E-state index in [9.17, 15) is 0 Å². The summed E-state index contributed by atoms with van der Waals surface area (Å²) < 4.78 is 1.96. The highest BCUT2D eigenvalue weighted by molar-refractivity contribution is 5.69. The van der Waals surface area contributed by atoms with E-state index >= 15 is 0 Å². The van der Waals surface area contributed by atoms with Gasteiger partial charge in [0, 0.05) is 12.1 Å². The number of benzene rings is 1. The van der Waals surface area contributed by atoms with E-state index in [4.69, 9.17) is 5.73 Å². The van der Waals surface area contributed by atoms with Crippen LogP contribution in [-0.4, -0.2) is 39.5 Å². The molecule has 5 heteroatoms. The fraction of sp³-hybridized carbons (Fsp3) is 0.467. The summed E-state index contributed by atoms with van der Waals surface area (Å²) >= 11 is 0. The molecule has 2 N–H and O–H groups in total. The lowest BCUT2D eigenvalue weighted by Gasteiger charge is -2.44. The third kappa shape index (κ3) is 1.81. The molecule has 3 saturated heterocycles. The predicted octanol–water partition coefficient (Wildman–Crippen LogP) is 1.79. The standard InChI is InChI=1S/C15H19N5/c16-15-14(12-4-2-1-3-5-12)17-18-20(15)13-10-19-8-6-11(13)7-9-19/h1-5,11,13H,6-10,16H2/t13-/m0/s1. The number of nitrogen functional groups attached to an aromatic ring is 1. The van der Waals surface area contributed by atoms with Gasteiger partial charge in [-0.05, 0) is 31.8 Å². The Labute approximate surface area is 118 Å². The second kappa shape index (κ2) is 4.59. The number of piperidine rings is 3. The Hall–Kier alpha value is -1.88. The molecule has 2 aromatic rings. The van der Waals surface area contributed by atoms with Gasteiger partial charge in [-0.3, -0.25) is 0 Å². The summed E-state index contributed by atoms with van der Waals surface area (Å²) in [5.41, 5.74) is 8.16. The van der Waals surface area contributed by atoms with Crippen molar-refractivity contribution in [1.82, 2.24) is 19.9 Å². The monoisotopic (exact) mass is 269 g/mol. The summed E-state index contributed by atoms with van der Waals surface area (Å²) in [7, 11) is 0. The van der Waals surface area contributed by atoms with Crippen LogP contribution in [-0.2, 0) is 0 Å². The van der Waals surface area contributed by atoms with E-state index in [1.807, 2.05) is 35.0 Å². The van der Waals surface area contributed by atoms with Crippen LogP contribution in [0.3, 0.4) is 0 Å². The number of nitrogens with zero attached hydrogens (tertiary/aromatic N) is 4. The SMILES string of the molecule is Nc1c(-c2ccccc2)nnn1[C@H]1CN2CCC1CC2. The Bertz CT molecular complexity index is 598. The van der Waals surface area contributed by atoms with Crippen molar-refractivity contribution in [3.8, 4) is 11.3 Å². The Kier molecular flexibility index (Phi) is 2.73. The van der Waals surface area contributed by atoms with Crippen molar-refractivity contribution in [3.05, 3.63) is 30.3 Å². The topological polar surface area (TPSA) is 60.0 Å². The normalized spacial score (nSPS) is 28.7. The molecular formula is C15H19N5. The van der Waals surface area contributed by atoms with Crippen LogP contribution in [0.25, 0.3) is 11.3 Å². The minimum Gasteiger partial charge on any atom is -0.382 e. The van der Waals surface area contributed by atoms with E-state index in [0.29, 0.717) is 17.8 Å². The van der Waals surface area contributed by atoms with Crippen molar-refractivity contribution in [1.29, 1.82) is 0 Å². The van der Waals surface area contributed by atoms with Gasteiger partial charge in [0.05, 0.1) is 6.04 Å². The quantitative estimate of drug-likeness (QED) is 0.903. The van der Waals surface area contributed by atoms with E-state index in [2.05, 4.69) is 15.2 Å². The smallest absolute Gasteiger partial charge is 0.150 e. The molecule has 1 atom stereocenters. The lowest BCUT2D eigenvalue weighted by molar-refractivity contribution is 0.0514. The van der Waals surface area contributed by atoms with Gasteiger partial charge < -0.3 is 10.6 Å². The minimum atomic E-state index is 0.391. The van der Waals surface area contributed by atoms with Gasteiger partial charge in [-0.15, -0.1) is 5.10 Å². The third-order valence-electron chi connectivity index (χ3n) is 4.71. The van der Waals surface area contributed by atoms with Crippen LogP contribution in [0.2, 0.25) is 0 Å². The number of aromatic nitrogens is 3. The Morgan fingerprint density at radius 1 is 1.10 bits per heavy atom. The molecule has 2 bridgehead atoms. The molecule has 1 aromatic heterocycles. The number of fused-ring (bicyclic) bond motifs is 3. The summed E-state index contributed by atoms with van der Waals surface area (Å²) in [6.07, 6.45) is 2.51. The summed E-state index contributed by atoms with van der Waals surface area (Å²) in [6.45, 7) is 3.51. The van der Waals surface area contributed by atoms with Crippen molar-refractivity contribution in [3.63, 3.8) is 0 Å². The highest BCUT2D eigenvalue weighted by Gasteiger charge is 2.37. The Morgan fingerprint density at radius 3 is 2.50 bits per heavy atom. The Balaban J connectivity index is 1.69. The van der Waals surface area contributed by atoms with Crippen molar-refractivity contribution >= 4 is 5.82 Å². The number of hydrogen-bond donors (Lipinski definition) is 1. The number of anilines is 1. The average molecular weight is 269 g/mol. The molecule has 0 aliphatic carbocycles. The molecule has 0 saturated carbocycles. The van der Waals surface area contributed by atoms with E-state index in [1.165, 1.54) is 25.9 Å². The summed E-state index contributed by atoms with van der Waals surface area (Å²) in [5, 5.41) is 8.66. The Morgan fingerprint density at radius 2 is 1.85 bits per heavy atom. The molecule has 3 aliphatic rings. The highest BCUT2D eigenvalue weighted by atomic mass is 15.5. The summed E-state index contributed by atoms with van der Waals surface area (Å²) in [6, 6.07) is 10.5. The van der Waals surface area contributed by atoms with E-state index in [0.717, 1.165) is 17.8 Å². The third-order valence-corrected chi connectivity index (χ3v) is 4.71. The molecule has 5 nitrogen and oxygen atoms in total. The first-order valence-electron chi connectivity index (χ1n) is 7.31. The second-order valence-corrected chi connectivity index (χ2v) is 5.84. The van der Waals surface area contributed by atoms with E-state index in [-0.39, 0.29) is 0 Å². The average Bonchev–Trinajstić information content (AvgIpc) is 2.91.